The van der Waals surface area contributed by atoms with Crippen molar-refractivity contribution in [1.82, 2.24) is 10.2 Å². The van der Waals surface area contributed by atoms with E-state index in [9.17, 15) is 19.2 Å². The molecule has 1 aliphatic heterocycles. The summed E-state index contributed by atoms with van der Waals surface area (Å²) < 4.78 is 13.8. The monoisotopic (exact) mass is 461 g/mol. The largest absolute Gasteiger partial charge is 0.356 e. The first-order valence-electron chi connectivity index (χ1n) is 12.3. The maximum Gasteiger partial charge on any atom is 0.226 e. The van der Waals surface area contributed by atoms with Gasteiger partial charge in [-0.1, -0.05) is 61.4 Å². The van der Waals surface area contributed by atoms with Crippen molar-refractivity contribution in [3.8, 4) is 6.07 Å². The number of amides is 2. The van der Waals surface area contributed by atoms with Crippen molar-refractivity contribution in [1.29, 1.82) is 5.26 Å². The van der Waals surface area contributed by atoms with Crippen LogP contribution in [0.3, 0.4) is 0 Å². The fraction of sp³-hybridized carbons (Fsp3) is 0.464. The Balaban J connectivity index is 1.35. The minimum atomic E-state index is -0.561. The molecule has 2 aromatic carbocycles. The van der Waals surface area contributed by atoms with Gasteiger partial charge in [0, 0.05) is 31.5 Å². The van der Waals surface area contributed by atoms with E-state index >= 15 is 0 Å². The number of nitrogens with one attached hydrogen (secondary N) is 1. The number of benzene rings is 2. The molecule has 6 heteroatoms. The van der Waals surface area contributed by atoms with Crippen molar-refractivity contribution < 1.29 is 14.0 Å². The van der Waals surface area contributed by atoms with Crippen LogP contribution in [0.25, 0.3) is 0 Å². The van der Waals surface area contributed by atoms with E-state index in [2.05, 4.69) is 11.4 Å². The third-order valence-corrected chi connectivity index (χ3v) is 7.54. The van der Waals surface area contributed by atoms with Crippen LogP contribution in [-0.2, 0) is 21.4 Å². The molecular formula is C28H32FN3O2. The smallest absolute Gasteiger partial charge is 0.226 e. The SMILES string of the molecule is N#CC1(c2ccccc2)CCN(C(=O)C2CCCCC2C(=O)NCCc2ccccc2F)CC1. The van der Waals surface area contributed by atoms with Gasteiger partial charge in [0.1, 0.15) is 5.82 Å². The van der Waals surface area contributed by atoms with Gasteiger partial charge in [-0.25, -0.2) is 4.39 Å². The molecule has 2 unspecified atom stereocenters. The second-order valence-electron chi connectivity index (χ2n) is 9.52. The lowest BCUT2D eigenvalue weighted by atomic mass is 9.73. The number of carbonyl (C=O) groups is 2. The summed E-state index contributed by atoms with van der Waals surface area (Å²) in [7, 11) is 0. The predicted molar refractivity (Wildman–Crippen MR) is 128 cm³/mol. The lowest BCUT2D eigenvalue weighted by Gasteiger charge is -2.40. The fourth-order valence-electron chi connectivity index (χ4n) is 5.46. The number of rotatable bonds is 6. The Bertz CT molecular complexity index is 1040. The van der Waals surface area contributed by atoms with Gasteiger partial charge in [0.05, 0.1) is 11.5 Å². The zero-order chi connectivity index (χ0) is 24.0. The molecule has 2 aromatic rings. The topological polar surface area (TPSA) is 73.2 Å². The average molecular weight is 462 g/mol. The first-order chi connectivity index (χ1) is 16.5. The maximum absolute atomic E-state index is 13.8. The van der Waals surface area contributed by atoms with Crippen LogP contribution in [0, 0.1) is 29.0 Å². The van der Waals surface area contributed by atoms with Gasteiger partial charge >= 0.3 is 0 Å². The third kappa shape index (κ3) is 5.14. The highest BCUT2D eigenvalue weighted by atomic mass is 19.1. The first kappa shape index (κ1) is 23.9. The second-order valence-corrected chi connectivity index (χ2v) is 9.52. The number of hydrogen-bond acceptors (Lipinski definition) is 3. The summed E-state index contributed by atoms with van der Waals surface area (Å²) in [6.07, 6.45) is 4.91. The standard InChI is InChI=1S/C28H32FN3O2/c29-25-13-7-4-8-21(25)14-17-31-26(33)23-11-5-6-12-24(23)27(34)32-18-15-28(20-30,16-19-32)22-9-2-1-3-10-22/h1-4,7-10,13,23-24H,5-6,11-12,14-19H2,(H,31,33). The van der Waals surface area contributed by atoms with Gasteiger partial charge in [0.2, 0.25) is 11.8 Å². The zero-order valence-corrected chi connectivity index (χ0v) is 19.5. The van der Waals surface area contributed by atoms with Crippen LogP contribution in [0.15, 0.2) is 54.6 Å². The molecule has 1 saturated heterocycles. The first-order valence-corrected chi connectivity index (χ1v) is 12.3. The van der Waals surface area contributed by atoms with E-state index in [-0.39, 0.29) is 29.5 Å². The lowest BCUT2D eigenvalue weighted by Crippen LogP contribution is -2.50. The van der Waals surface area contributed by atoms with Crippen LogP contribution in [0.1, 0.15) is 49.7 Å². The molecular weight excluding hydrogens is 429 g/mol. The van der Waals surface area contributed by atoms with E-state index in [0.29, 0.717) is 57.3 Å². The van der Waals surface area contributed by atoms with Crippen molar-refractivity contribution >= 4 is 11.8 Å². The van der Waals surface area contributed by atoms with Gasteiger partial charge in [0.15, 0.2) is 0 Å². The molecule has 0 radical (unpaired) electrons. The van der Waals surface area contributed by atoms with E-state index in [1.807, 2.05) is 35.2 Å². The predicted octanol–water partition coefficient (Wildman–Crippen LogP) is 4.37. The molecule has 2 aliphatic rings. The van der Waals surface area contributed by atoms with Crippen LogP contribution in [0.4, 0.5) is 4.39 Å². The molecule has 5 nitrogen and oxygen atoms in total. The average Bonchev–Trinajstić information content (AvgIpc) is 2.90. The van der Waals surface area contributed by atoms with Crippen molar-refractivity contribution in [3.63, 3.8) is 0 Å². The number of carbonyl (C=O) groups excluding carboxylic acids is 2. The summed E-state index contributed by atoms with van der Waals surface area (Å²) in [5, 5.41) is 12.9. The van der Waals surface area contributed by atoms with E-state index in [0.717, 1.165) is 18.4 Å². The van der Waals surface area contributed by atoms with Crippen molar-refractivity contribution in [3.05, 3.63) is 71.5 Å². The lowest BCUT2D eigenvalue weighted by molar-refractivity contribution is -0.144. The molecule has 0 aromatic heterocycles. The maximum atomic E-state index is 13.8. The highest BCUT2D eigenvalue weighted by Crippen LogP contribution is 2.37. The van der Waals surface area contributed by atoms with E-state index < -0.39 is 5.41 Å². The highest BCUT2D eigenvalue weighted by molar-refractivity contribution is 5.88. The third-order valence-electron chi connectivity index (χ3n) is 7.54. The minimum Gasteiger partial charge on any atom is -0.356 e. The summed E-state index contributed by atoms with van der Waals surface area (Å²) >= 11 is 0. The summed E-state index contributed by atoms with van der Waals surface area (Å²) in [6, 6.07) is 18.9. The second kappa shape index (κ2) is 10.8. The molecule has 34 heavy (non-hydrogen) atoms. The number of likely N-dealkylation sites (tertiary alicyclic amines) is 1. The van der Waals surface area contributed by atoms with Crippen molar-refractivity contribution in [2.75, 3.05) is 19.6 Å². The minimum absolute atomic E-state index is 0.0357. The molecule has 4 rings (SSSR count). The molecule has 1 heterocycles. The molecule has 2 amide bonds. The summed E-state index contributed by atoms with van der Waals surface area (Å²) in [5.74, 6) is -1.01. The van der Waals surface area contributed by atoms with E-state index in [1.165, 1.54) is 6.07 Å². The Labute approximate surface area is 201 Å². The number of nitriles is 1. The van der Waals surface area contributed by atoms with Gasteiger partial charge in [-0.15, -0.1) is 0 Å². The van der Waals surface area contributed by atoms with Crippen LogP contribution < -0.4 is 5.32 Å². The van der Waals surface area contributed by atoms with Gasteiger partial charge in [-0.3, -0.25) is 9.59 Å². The van der Waals surface area contributed by atoms with Gasteiger partial charge < -0.3 is 10.2 Å². The number of halogens is 1. The summed E-state index contributed by atoms with van der Waals surface area (Å²) in [5.41, 5.74) is 1.02. The quantitative estimate of drug-likeness (QED) is 0.694. The number of hydrogen-bond donors (Lipinski definition) is 1. The van der Waals surface area contributed by atoms with Crippen molar-refractivity contribution in [2.45, 2.75) is 50.4 Å². The number of piperidine rings is 1. The Morgan fingerprint density at radius 3 is 2.32 bits per heavy atom. The molecule has 0 spiro atoms. The summed E-state index contributed by atoms with van der Waals surface area (Å²) in [6.45, 7) is 1.40. The van der Waals surface area contributed by atoms with Crippen LogP contribution >= 0.6 is 0 Å². The Kier molecular flexibility index (Phi) is 7.62. The Hall–Kier alpha value is -3.20. The molecule has 1 N–H and O–H groups in total. The number of nitrogens with zero attached hydrogens (tertiary/aromatic N) is 2. The molecule has 0 bridgehead atoms. The Morgan fingerprint density at radius 1 is 1.00 bits per heavy atom. The van der Waals surface area contributed by atoms with E-state index in [1.54, 1.807) is 18.2 Å². The Morgan fingerprint density at radius 2 is 1.65 bits per heavy atom. The van der Waals surface area contributed by atoms with Crippen LogP contribution in [0.5, 0.6) is 0 Å². The van der Waals surface area contributed by atoms with E-state index in [4.69, 9.17) is 0 Å². The molecule has 2 atom stereocenters. The van der Waals surface area contributed by atoms with Gasteiger partial charge in [0.25, 0.3) is 0 Å². The van der Waals surface area contributed by atoms with Gasteiger partial charge in [-0.05, 0) is 49.3 Å². The zero-order valence-electron chi connectivity index (χ0n) is 19.5. The van der Waals surface area contributed by atoms with Crippen molar-refractivity contribution in [2.24, 2.45) is 11.8 Å². The van der Waals surface area contributed by atoms with Crippen LogP contribution in [0.2, 0.25) is 0 Å². The molecule has 1 saturated carbocycles. The normalized spacial score (nSPS) is 21.9. The highest BCUT2D eigenvalue weighted by Gasteiger charge is 2.42. The molecule has 178 valence electrons. The summed E-state index contributed by atoms with van der Waals surface area (Å²) in [4.78, 5) is 28.3. The molecule has 2 fully saturated rings. The fourth-order valence-corrected chi connectivity index (χ4v) is 5.46. The van der Waals surface area contributed by atoms with Gasteiger partial charge in [-0.2, -0.15) is 5.26 Å². The molecule has 1 aliphatic carbocycles. The van der Waals surface area contributed by atoms with Crippen LogP contribution in [-0.4, -0.2) is 36.3 Å².